The lowest BCUT2D eigenvalue weighted by molar-refractivity contribution is 0.0910. The topological polar surface area (TPSA) is 49.3 Å². The molecule has 0 aliphatic heterocycles. The maximum absolute atomic E-state index is 12.5. The Hall–Kier alpha value is -1.79. The fraction of sp³-hybridized carbons (Fsp3) is 0.500. The van der Waals surface area contributed by atoms with Gasteiger partial charge in [-0.15, -0.1) is 0 Å². The molecule has 1 atom stereocenters. The molecule has 0 heterocycles. The minimum absolute atomic E-state index is 0.00220. The molecule has 0 aliphatic carbocycles. The molecule has 0 saturated carbocycles. The van der Waals surface area contributed by atoms with Gasteiger partial charge < -0.3 is 10.4 Å². The molecule has 0 radical (unpaired) electrons. The average Bonchev–Trinajstić information content (AvgIpc) is 2.39. The van der Waals surface area contributed by atoms with Gasteiger partial charge in [-0.25, -0.2) is 0 Å². The molecule has 21 heavy (non-hydrogen) atoms. The van der Waals surface area contributed by atoms with Crippen LogP contribution in [0.1, 0.15) is 55.6 Å². The first-order chi connectivity index (χ1) is 9.75. The molecule has 1 unspecified atom stereocenters. The third kappa shape index (κ3) is 5.24. The minimum atomic E-state index is -0.102. The molecule has 1 aromatic carbocycles. The summed E-state index contributed by atoms with van der Waals surface area (Å²) in [6.45, 7) is 10.3. The van der Waals surface area contributed by atoms with Crippen molar-refractivity contribution < 1.29 is 9.90 Å². The standard InChI is InChI=1S/C18H25NO2/c1-13-9-10-15(8-6-7-11-20)16(12-13)17(21)19-14(2)18(3,4)5/h9-10,12,14,20H,7,11H2,1-5H3,(H,19,21). The molecule has 0 spiro atoms. The molecule has 1 rings (SSSR count). The van der Waals surface area contributed by atoms with Gasteiger partial charge in [-0.05, 0) is 31.4 Å². The van der Waals surface area contributed by atoms with Crippen LogP contribution in [0.2, 0.25) is 0 Å². The number of rotatable bonds is 3. The third-order valence-electron chi connectivity index (χ3n) is 3.53. The number of nitrogens with one attached hydrogen (secondary N) is 1. The zero-order valence-corrected chi connectivity index (χ0v) is 13.6. The highest BCUT2D eigenvalue weighted by molar-refractivity contribution is 5.97. The SMILES string of the molecule is Cc1ccc(C#CCCO)c(C(=O)NC(C)C(C)(C)C)c1. The molecular formula is C18H25NO2. The summed E-state index contributed by atoms with van der Waals surface area (Å²) in [6, 6.07) is 5.71. The van der Waals surface area contributed by atoms with Crippen molar-refractivity contribution in [2.45, 2.75) is 47.1 Å². The highest BCUT2D eigenvalue weighted by Gasteiger charge is 2.23. The van der Waals surface area contributed by atoms with Crippen LogP contribution in [-0.4, -0.2) is 23.7 Å². The number of hydrogen-bond acceptors (Lipinski definition) is 2. The molecule has 0 fully saturated rings. The summed E-state index contributed by atoms with van der Waals surface area (Å²) in [5.74, 6) is 5.73. The van der Waals surface area contributed by atoms with Crippen LogP contribution in [-0.2, 0) is 0 Å². The molecule has 3 heteroatoms. The van der Waals surface area contributed by atoms with Gasteiger partial charge in [0.1, 0.15) is 0 Å². The zero-order chi connectivity index (χ0) is 16.0. The lowest BCUT2D eigenvalue weighted by atomic mass is 9.88. The summed E-state index contributed by atoms with van der Waals surface area (Å²) in [5, 5.41) is 11.8. The van der Waals surface area contributed by atoms with Gasteiger partial charge in [0.15, 0.2) is 0 Å². The lowest BCUT2D eigenvalue weighted by Gasteiger charge is -2.28. The van der Waals surface area contributed by atoms with Crippen LogP contribution in [0.4, 0.5) is 0 Å². The Kier molecular flexibility index (Phi) is 5.99. The Balaban J connectivity index is 3.03. The van der Waals surface area contributed by atoms with E-state index < -0.39 is 0 Å². The second-order valence-electron chi connectivity index (χ2n) is 6.39. The van der Waals surface area contributed by atoms with E-state index in [9.17, 15) is 4.79 Å². The summed E-state index contributed by atoms with van der Waals surface area (Å²) in [5.41, 5.74) is 2.32. The molecule has 0 aromatic heterocycles. The van der Waals surface area contributed by atoms with E-state index in [2.05, 4.69) is 37.9 Å². The van der Waals surface area contributed by atoms with Crippen LogP contribution >= 0.6 is 0 Å². The highest BCUT2D eigenvalue weighted by atomic mass is 16.2. The Morgan fingerprint density at radius 1 is 1.38 bits per heavy atom. The number of amides is 1. The van der Waals surface area contributed by atoms with E-state index in [-0.39, 0.29) is 24.0 Å². The lowest BCUT2D eigenvalue weighted by Crippen LogP contribution is -2.41. The molecular weight excluding hydrogens is 262 g/mol. The summed E-state index contributed by atoms with van der Waals surface area (Å²) < 4.78 is 0. The van der Waals surface area contributed by atoms with Gasteiger partial charge in [-0.1, -0.05) is 44.2 Å². The number of aliphatic hydroxyl groups excluding tert-OH is 1. The number of carbonyl (C=O) groups excluding carboxylic acids is 1. The van der Waals surface area contributed by atoms with Gasteiger partial charge in [-0.2, -0.15) is 0 Å². The van der Waals surface area contributed by atoms with Gasteiger partial charge in [-0.3, -0.25) is 4.79 Å². The van der Waals surface area contributed by atoms with E-state index in [1.54, 1.807) is 0 Å². The molecule has 0 bridgehead atoms. The van der Waals surface area contributed by atoms with Crippen molar-refractivity contribution in [1.29, 1.82) is 0 Å². The molecule has 1 aromatic rings. The fourth-order valence-electron chi connectivity index (χ4n) is 1.66. The Bertz CT molecular complexity index is 559. The maximum Gasteiger partial charge on any atom is 0.252 e. The first-order valence-electron chi connectivity index (χ1n) is 7.27. The minimum Gasteiger partial charge on any atom is -0.395 e. The summed E-state index contributed by atoms with van der Waals surface area (Å²) in [7, 11) is 0. The van der Waals surface area contributed by atoms with E-state index in [1.165, 1.54) is 0 Å². The van der Waals surface area contributed by atoms with Crippen LogP contribution in [0.3, 0.4) is 0 Å². The van der Waals surface area contributed by atoms with E-state index in [4.69, 9.17) is 5.11 Å². The fourth-order valence-corrected chi connectivity index (χ4v) is 1.66. The molecule has 114 valence electrons. The number of aliphatic hydroxyl groups is 1. The molecule has 0 saturated heterocycles. The van der Waals surface area contributed by atoms with Gasteiger partial charge in [0.25, 0.3) is 5.91 Å². The number of hydrogen-bond donors (Lipinski definition) is 2. The number of benzene rings is 1. The molecule has 1 amide bonds. The number of aryl methyl sites for hydroxylation is 1. The monoisotopic (exact) mass is 287 g/mol. The first-order valence-corrected chi connectivity index (χ1v) is 7.27. The van der Waals surface area contributed by atoms with Gasteiger partial charge in [0.05, 0.1) is 12.2 Å². The third-order valence-corrected chi connectivity index (χ3v) is 3.53. The predicted octanol–water partition coefficient (Wildman–Crippen LogP) is 2.89. The second-order valence-corrected chi connectivity index (χ2v) is 6.39. The first kappa shape index (κ1) is 17.3. The van der Waals surface area contributed by atoms with E-state index >= 15 is 0 Å². The molecule has 3 nitrogen and oxygen atoms in total. The number of carbonyl (C=O) groups is 1. The Labute approximate surface area is 127 Å². The van der Waals surface area contributed by atoms with Gasteiger partial charge in [0, 0.05) is 18.0 Å². The van der Waals surface area contributed by atoms with Crippen LogP contribution < -0.4 is 5.32 Å². The smallest absolute Gasteiger partial charge is 0.252 e. The second kappa shape index (κ2) is 7.28. The molecule has 2 N–H and O–H groups in total. The van der Waals surface area contributed by atoms with E-state index in [0.717, 1.165) is 5.56 Å². The normalized spacial score (nSPS) is 12.3. The highest BCUT2D eigenvalue weighted by Crippen LogP contribution is 2.19. The van der Waals surface area contributed by atoms with Gasteiger partial charge in [0.2, 0.25) is 0 Å². The van der Waals surface area contributed by atoms with Crippen LogP contribution in [0.5, 0.6) is 0 Å². The van der Waals surface area contributed by atoms with Crippen LogP contribution in [0, 0.1) is 24.2 Å². The quantitative estimate of drug-likeness (QED) is 0.840. The van der Waals surface area contributed by atoms with Crippen molar-refractivity contribution in [3.05, 3.63) is 34.9 Å². The van der Waals surface area contributed by atoms with Crippen molar-refractivity contribution >= 4 is 5.91 Å². The van der Waals surface area contributed by atoms with Crippen molar-refractivity contribution in [3.8, 4) is 11.8 Å². The average molecular weight is 287 g/mol. The largest absolute Gasteiger partial charge is 0.395 e. The van der Waals surface area contributed by atoms with E-state index in [1.807, 2.05) is 32.0 Å². The van der Waals surface area contributed by atoms with Crippen molar-refractivity contribution in [2.75, 3.05) is 6.61 Å². The molecule has 0 aliphatic rings. The summed E-state index contributed by atoms with van der Waals surface area (Å²) in [4.78, 5) is 12.5. The maximum atomic E-state index is 12.5. The summed E-state index contributed by atoms with van der Waals surface area (Å²) >= 11 is 0. The van der Waals surface area contributed by atoms with Crippen molar-refractivity contribution in [3.63, 3.8) is 0 Å². The zero-order valence-electron chi connectivity index (χ0n) is 13.6. The van der Waals surface area contributed by atoms with Crippen molar-refractivity contribution in [1.82, 2.24) is 5.32 Å². The Morgan fingerprint density at radius 2 is 2.05 bits per heavy atom. The van der Waals surface area contributed by atoms with Crippen molar-refractivity contribution in [2.24, 2.45) is 5.41 Å². The van der Waals surface area contributed by atoms with E-state index in [0.29, 0.717) is 17.5 Å². The van der Waals surface area contributed by atoms with Crippen LogP contribution in [0.15, 0.2) is 18.2 Å². The van der Waals surface area contributed by atoms with Crippen LogP contribution in [0.25, 0.3) is 0 Å². The predicted molar refractivity (Wildman–Crippen MR) is 86.1 cm³/mol. The Morgan fingerprint density at radius 3 is 2.62 bits per heavy atom. The summed E-state index contributed by atoms with van der Waals surface area (Å²) in [6.07, 6.45) is 0.410. The van der Waals surface area contributed by atoms with Gasteiger partial charge >= 0.3 is 0 Å².